The highest BCUT2D eigenvalue weighted by Crippen LogP contribution is 2.31. The van der Waals surface area contributed by atoms with Crippen LogP contribution in [0.2, 0.25) is 0 Å². The molecule has 3 aliphatic rings. The third-order valence-electron chi connectivity index (χ3n) is 7.73. The van der Waals surface area contributed by atoms with E-state index in [1.165, 1.54) is 4.57 Å². The summed E-state index contributed by atoms with van der Waals surface area (Å²) in [5, 5.41) is 6.23. The average molecular weight is 496 g/mol. The molecule has 3 heterocycles. The molecule has 192 valence electrons. The summed E-state index contributed by atoms with van der Waals surface area (Å²) in [4.78, 5) is 57.0. The second-order valence-corrected chi connectivity index (χ2v) is 10.0. The van der Waals surface area contributed by atoms with E-state index < -0.39 is 11.9 Å². The molecule has 1 aromatic heterocycles. The zero-order chi connectivity index (χ0) is 25.2. The Labute approximate surface area is 209 Å². The number of anilines is 1. The van der Waals surface area contributed by atoms with Crippen LogP contribution in [0, 0.1) is 18.8 Å². The molecular formula is C26H33N5O5. The first-order valence-electron chi connectivity index (χ1n) is 12.9. The standard InChI is InChI=1S/C26H33N5O5/c1-16-28-20-4-2-3-19(23(20)26(35)31(16)21-9-10-22(32)29-24(21)33)27-15-17-5-7-18(8-6-17)25(34)30-11-13-36-14-12-30/h2-4,17-18,21,27H,5-15H2,1H3,(H,29,32,33). The Bertz CT molecular complexity index is 1230. The van der Waals surface area contributed by atoms with Gasteiger partial charge in [-0.05, 0) is 57.1 Å². The van der Waals surface area contributed by atoms with Gasteiger partial charge in [0.2, 0.25) is 17.7 Å². The van der Waals surface area contributed by atoms with Crippen LogP contribution in [-0.4, -0.2) is 65.0 Å². The molecule has 2 aromatic rings. The fraction of sp³-hybridized carbons (Fsp3) is 0.577. The van der Waals surface area contributed by atoms with E-state index >= 15 is 0 Å². The van der Waals surface area contributed by atoms with E-state index in [1.807, 2.05) is 17.0 Å². The van der Waals surface area contributed by atoms with Crippen LogP contribution >= 0.6 is 0 Å². The molecule has 3 amide bonds. The van der Waals surface area contributed by atoms with Crippen LogP contribution in [0.4, 0.5) is 5.69 Å². The molecule has 3 fully saturated rings. The number of imide groups is 1. The summed E-state index contributed by atoms with van der Waals surface area (Å²) in [6.07, 6.45) is 4.13. The van der Waals surface area contributed by atoms with Crippen molar-refractivity contribution >= 4 is 34.3 Å². The zero-order valence-electron chi connectivity index (χ0n) is 20.6. The van der Waals surface area contributed by atoms with Gasteiger partial charge in [0, 0.05) is 37.7 Å². The molecule has 10 nitrogen and oxygen atoms in total. The third-order valence-corrected chi connectivity index (χ3v) is 7.73. The van der Waals surface area contributed by atoms with Gasteiger partial charge < -0.3 is 15.0 Å². The number of fused-ring (bicyclic) bond motifs is 1. The van der Waals surface area contributed by atoms with Crippen molar-refractivity contribution in [2.24, 2.45) is 11.8 Å². The first kappa shape index (κ1) is 24.4. The van der Waals surface area contributed by atoms with Gasteiger partial charge in [0.1, 0.15) is 11.9 Å². The van der Waals surface area contributed by atoms with Gasteiger partial charge in [0.25, 0.3) is 5.56 Å². The number of carbonyl (C=O) groups is 3. The molecule has 2 aliphatic heterocycles. The lowest BCUT2D eigenvalue weighted by molar-refractivity contribution is -0.141. The number of hydrogen-bond acceptors (Lipinski definition) is 7. The summed E-state index contributed by atoms with van der Waals surface area (Å²) in [7, 11) is 0. The van der Waals surface area contributed by atoms with E-state index in [1.54, 1.807) is 13.0 Å². The lowest BCUT2D eigenvalue weighted by Crippen LogP contribution is -2.45. The highest BCUT2D eigenvalue weighted by Gasteiger charge is 2.32. The Hall–Kier alpha value is -3.27. The summed E-state index contributed by atoms with van der Waals surface area (Å²) in [5.41, 5.74) is 0.985. The minimum atomic E-state index is -0.751. The van der Waals surface area contributed by atoms with Gasteiger partial charge in [-0.15, -0.1) is 0 Å². The maximum atomic E-state index is 13.6. The van der Waals surface area contributed by atoms with Crippen LogP contribution < -0.4 is 16.2 Å². The van der Waals surface area contributed by atoms with E-state index in [-0.39, 0.29) is 36.1 Å². The van der Waals surface area contributed by atoms with Crippen LogP contribution in [0.1, 0.15) is 50.4 Å². The molecule has 0 spiro atoms. The van der Waals surface area contributed by atoms with Gasteiger partial charge in [-0.3, -0.25) is 29.1 Å². The summed E-state index contributed by atoms with van der Waals surface area (Å²) < 4.78 is 6.78. The molecule has 0 bridgehead atoms. The lowest BCUT2D eigenvalue weighted by Gasteiger charge is -2.34. The first-order chi connectivity index (χ1) is 17.4. The Morgan fingerprint density at radius 2 is 1.86 bits per heavy atom. The Morgan fingerprint density at radius 3 is 2.58 bits per heavy atom. The Kier molecular flexibility index (Phi) is 7.04. The fourth-order valence-electron chi connectivity index (χ4n) is 5.71. The SMILES string of the molecule is Cc1nc2cccc(NCC3CCC(C(=O)N4CCOCC4)CC3)c2c(=O)n1C1CCC(=O)NC1=O. The minimum absolute atomic E-state index is 0.0878. The number of aryl methyl sites for hydroxylation is 1. The monoisotopic (exact) mass is 495 g/mol. The van der Waals surface area contributed by atoms with Crippen molar-refractivity contribution in [1.29, 1.82) is 0 Å². The predicted octanol–water partition coefficient (Wildman–Crippen LogP) is 1.76. The number of nitrogens with zero attached hydrogens (tertiary/aromatic N) is 3. The number of hydrogen-bond donors (Lipinski definition) is 2. The minimum Gasteiger partial charge on any atom is -0.384 e. The number of rotatable bonds is 5. The predicted molar refractivity (Wildman–Crippen MR) is 133 cm³/mol. The maximum absolute atomic E-state index is 13.6. The van der Waals surface area contributed by atoms with Crippen molar-refractivity contribution in [3.05, 3.63) is 34.4 Å². The molecule has 0 radical (unpaired) electrons. The Balaban J connectivity index is 1.28. The Morgan fingerprint density at radius 1 is 1.11 bits per heavy atom. The van der Waals surface area contributed by atoms with Crippen LogP contribution in [0.15, 0.2) is 23.0 Å². The lowest BCUT2D eigenvalue weighted by atomic mass is 9.81. The molecule has 1 aliphatic carbocycles. The summed E-state index contributed by atoms with van der Waals surface area (Å²) in [6, 6.07) is 4.78. The number of benzene rings is 1. The number of nitrogens with one attached hydrogen (secondary N) is 2. The molecule has 2 saturated heterocycles. The molecule has 1 atom stereocenters. The number of morpholine rings is 1. The third kappa shape index (κ3) is 4.86. The highest BCUT2D eigenvalue weighted by molar-refractivity contribution is 5.99. The molecule has 1 saturated carbocycles. The number of amides is 3. The van der Waals surface area contributed by atoms with Crippen LogP contribution in [0.5, 0.6) is 0 Å². The molecule has 2 N–H and O–H groups in total. The van der Waals surface area contributed by atoms with Gasteiger partial charge in [-0.1, -0.05) is 6.07 Å². The average Bonchev–Trinajstić information content (AvgIpc) is 2.89. The number of piperidine rings is 1. The van der Waals surface area contributed by atoms with Crippen molar-refractivity contribution in [3.8, 4) is 0 Å². The number of ether oxygens (including phenoxy) is 1. The molecule has 36 heavy (non-hydrogen) atoms. The van der Waals surface area contributed by atoms with Crippen molar-refractivity contribution in [1.82, 2.24) is 19.8 Å². The second-order valence-electron chi connectivity index (χ2n) is 10.0. The van der Waals surface area contributed by atoms with E-state index in [0.717, 1.165) is 25.7 Å². The summed E-state index contributed by atoms with van der Waals surface area (Å²) in [6.45, 7) is 5.02. The van der Waals surface area contributed by atoms with E-state index in [4.69, 9.17) is 4.74 Å². The largest absolute Gasteiger partial charge is 0.384 e. The smallest absolute Gasteiger partial charge is 0.264 e. The quantitative estimate of drug-likeness (QED) is 0.606. The highest BCUT2D eigenvalue weighted by atomic mass is 16.5. The molecule has 1 unspecified atom stereocenters. The molecule has 5 rings (SSSR count). The van der Waals surface area contributed by atoms with E-state index in [2.05, 4.69) is 15.6 Å². The van der Waals surface area contributed by atoms with Crippen molar-refractivity contribution < 1.29 is 19.1 Å². The summed E-state index contributed by atoms with van der Waals surface area (Å²) in [5.74, 6) is 0.414. The molecular weight excluding hydrogens is 462 g/mol. The number of carbonyl (C=O) groups excluding carboxylic acids is 3. The van der Waals surface area contributed by atoms with Gasteiger partial charge in [-0.2, -0.15) is 0 Å². The fourth-order valence-corrected chi connectivity index (χ4v) is 5.71. The van der Waals surface area contributed by atoms with Gasteiger partial charge in [0.05, 0.1) is 24.1 Å². The van der Waals surface area contributed by atoms with Crippen LogP contribution in [0.25, 0.3) is 10.9 Å². The van der Waals surface area contributed by atoms with Crippen LogP contribution in [0.3, 0.4) is 0 Å². The first-order valence-corrected chi connectivity index (χ1v) is 12.9. The number of aromatic nitrogens is 2. The second kappa shape index (κ2) is 10.4. The van der Waals surface area contributed by atoms with Crippen LogP contribution in [-0.2, 0) is 19.1 Å². The van der Waals surface area contributed by atoms with E-state index in [0.29, 0.717) is 61.2 Å². The van der Waals surface area contributed by atoms with Crippen molar-refractivity contribution in [2.75, 3.05) is 38.2 Å². The maximum Gasteiger partial charge on any atom is 0.264 e. The van der Waals surface area contributed by atoms with E-state index in [9.17, 15) is 19.2 Å². The zero-order valence-corrected chi connectivity index (χ0v) is 20.6. The molecule has 1 aromatic carbocycles. The topological polar surface area (TPSA) is 123 Å². The van der Waals surface area contributed by atoms with Gasteiger partial charge >= 0.3 is 0 Å². The summed E-state index contributed by atoms with van der Waals surface area (Å²) >= 11 is 0. The molecule has 10 heteroatoms. The van der Waals surface area contributed by atoms with Gasteiger partial charge in [-0.25, -0.2) is 4.98 Å². The normalized spacial score (nSPS) is 25.0. The van der Waals surface area contributed by atoms with Crippen molar-refractivity contribution in [3.63, 3.8) is 0 Å². The van der Waals surface area contributed by atoms with Gasteiger partial charge in [0.15, 0.2) is 0 Å². The van der Waals surface area contributed by atoms with Crippen molar-refractivity contribution in [2.45, 2.75) is 51.5 Å².